The molecular weight excluding hydrogens is 484 g/mol. The van der Waals surface area contributed by atoms with Crippen molar-refractivity contribution in [2.24, 2.45) is 4.99 Å². The molecule has 28 heavy (non-hydrogen) atoms. The number of alkyl halides is 3. The van der Waals surface area contributed by atoms with E-state index in [2.05, 4.69) is 26.4 Å². The highest BCUT2D eigenvalue weighted by atomic mass is 127. The summed E-state index contributed by atoms with van der Waals surface area (Å²) < 4.78 is 41.1. The van der Waals surface area contributed by atoms with Gasteiger partial charge in [-0.2, -0.15) is 18.4 Å². The second-order valence-electron chi connectivity index (χ2n) is 5.64. The second kappa shape index (κ2) is 11.4. The summed E-state index contributed by atoms with van der Waals surface area (Å²) in [5.41, 5.74) is 2.40. The van der Waals surface area contributed by atoms with Gasteiger partial charge in [-0.3, -0.25) is 4.99 Å². The number of hydrogen-bond acceptors (Lipinski definition) is 3. The average molecular weight is 504 g/mol. The van der Waals surface area contributed by atoms with Crippen LogP contribution in [-0.2, 0) is 13.1 Å². The molecular formula is C19H20F3IN4O. The minimum Gasteiger partial charge on any atom is -0.484 e. The fourth-order valence-electron chi connectivity index (χ4n) is 2.21. The van der Waals surface area contributed by atoms with Crippen molar-refractivity contribution >= 4 is 29.9 Å². The van der Waals surface area contributed by atoms with E-state index in [1.165, 1.54) is 12.1 Å². The van der Waals surface area contributed by atoms with E-state index in [0.717, 1.165) is 11.1 Å². The molecule has 0 bridgehead atoms. The van der Waals surface area contributed by atoms with Crippen molar-refractivity contribution in [1.82, 2.24) is 10.6 Å². The fraction of sp³-hybridized carbons (Fsp3) is 0.263. The predicted molar refractivity (Wildman–Crippen MR) is 112 cm³/mol. The summed E-state index contributed by atoms with van der Waals surface area (Å²) in [6.45, 7) is -0.370. The number of nitrogens with zero attached hydrogens (tertiary/aromatic N) is 2. The molecule has 0 spiro atoms. The Morgan fingerprint density at radius 2 is 1.71 bits per heavy atom. The van der Waals surface area contributed by atoms with Crippen LogP contribution in [0.15, 0.2) is 53.5 Å². The molecule has 0 fully saturated rings. The van der Waals surface area contributed by atoms with Gasteiger partial charge < -0.3 is 15.4 Å². The van der Waals surface area contributed by atoms with Crippen LogP contribution in [0.4, 0.5) is 13.2 Å². The number of rotatable bonds is 6. The van der Waals surface area contributed by atoms with Crippen LogP contribution in [0.5, 0.6) is 5.75 Å². The van der Waals surface area contributed by atoms with Crippen molar-refractivity contribution in [1.29, 1.82) is 5.26 Å². The van der Waals surface area contributed by atoms with Gasteiger partial charge in [0.15, 0.2) is 12.6 Å². The lowest BCUT2D eigenvalue weighted by Crippen LogP contribution is -2.36. The van der Waals surface area contributed by atoms with Gasteiger partial charge in [-0.25, -0.2) is 0 Å². The van der Waals surface area contributed by atoms with E-state index < -0.39 is 12.8 Å². The number of nitrogens with one attached hydrogen (secondary N) is 2. The van der Waals surface area contributed by atoms with E-state index in [9.17, 15) is 13.2 Å². The summed E-state index contributed by atoms with van der Waals surface area (Å²) in [5, 5.41) is 15.2. The lowest BCUT2D eigenvalue weighted by Gasteiger charge is -2.13. The van der Waals surface area contributed by atoms with Gasteiger partial charge in [0, 0.05) is 20.1 Å². The van der Waals surface area contributed by atoms with Crippen molar-refractivity contribution in [3.8, 4) is 11.8 Å². The normalized spacial score (nSPS) is 11.2. The summed E-state index contributed by atoms with van der Waals surface area (Å²) in [5.74, 6) is 0.728. The minimum absolute atomic E-state index is 0. The van der Waals surface area contributed by atoms with Crippen molar-refractivity contribution in [3.63, 3.8) is 0 Å². The van der Waals surface area contributed by atoms with Crippen molar-refractivity contribution < 1.29 is 17.9 Å². The van der Waals surface area contributed by atoms with Gasteiger partial charge in [0.2, 0.25) is 0 Å². The summed E-state index contributed by atoms with van der Waals surface area (Å²) >= 11 is 0. The predicted octanol–water partition coefficient (Wildman–Crippen LogP) is 3.98. The summed E-state index contributed by atoms with van der Waals surface area (Å²) in [7, 11) is 1.63. The van der Waals surface area contributed by atoms with Gasteiger partial charge in [-0.1, -0.05) is 24.3 Å². The number of aliphatic imine (C=N–C) groups is 1. The zero-order chi connectivity index (χ0) is 19.7. The van der Waals surface area contributed by atoms with Gasteiger partial charge in [0.1, 0.15) is 5.75 Å². The van der Waals surface area contributed by atoms with E-state index in [4.69, 9.17) is 5.26 Å². The van der Waals surface area contributed by atoms with Crippen LogP contribution in [-0.4, -0.2) is 25.8 Å². The molecule has 0 aromatic heterocycles. The maximum Gasteiger partial charge on any atom is 0.422 e. The Bertz CT molecular complexity index is 817. The molecule has 2 N–H and O–H groups in total. The highest BCUT2D eigenvalue weighted by Gasteiger charge is 2.28. The highest BCUT2D eigenvalue weighted by Crippen LogP contribution is 2.18. The third kappa shape index (κ3) is 8.47. The van der Waals surface area contributed by atoms with Crippen LogP contribution in [0.25, 0.3) is 0 Å². The molecule has 9 heteroatoms. The van der Waals surface area contributed by atoms with Crippen molar-refractivity contribution in [2.45, 2.75) is 19.3 Å². The quantitative estimate of drug-likeness (QED) is 0.355. The monoisotopic (exact) mass is 504 g/mol. The highest BCUT2D eigenvalue weighted by molar-refractivity contribution is 14.0. The molecule has 0 heterocycles. The average Bonchev–Trinajstić information content (AvgIpc) is 2.67. The molecule has 0 atom stereocenters. The third-order valence-corrected chi connectivity index (χ3v) is 3.53. The van der Waals surface area contributed by atoms with Gasteiger partial charge in [-0.05, 0) is 35.4 Å². The maximum absolute atomic E-state index is 12.1. The SMILES string of the molecule is CN=C(NCc1ccc(OCC(F)(F)F)cc1)NCc1cccc(C#N)c1.I. The Hall–Kier alpha value is -2.48. The molecule has 2 aromatic carbocycles. The Balaban J connectivity index is 0.00000392. The molecule has 0 aliphatic rings. The first-order valence-electron chi connectivity index (χ1n) is 8.11. The minimum atomic E-state index is -4.36. The first kappa shape index (κ1) is 23.6. The van der Waals surface area contributed by atoms with Crippen molar-refractivity contribution in [3.05, 3.63) is 65.2 Å². The molecule has 0 saturated carbocycles. The van der Waals surface area contributed by atoms with Crippen LogP contribution in [0.2, 0.25) is 0 Å². The molecule has 0 radical (unpaired) electrons. The topological polar surface area (TPSA) is 69.4 Å². The van der Waals surface area contributed by atoms with E-state index in [0.29, 0.717) is 24.6 Å². The number of nitriles is 1. The van der Waals surface area contributed by atoms with Gasteiger partial charge in [0.25, 0.3) is 0 Å². The largest absolute Gasteiger partial charge is 0.484 e. The fourth-order valence-corrected chi connectivity index (χ4v) is 2.21. The van der Waals surface area contributed by atoms with E-state index in [-0.39, 0.29) is 29.7 Å². The van der Waals surface area contributed by atoms with E-state index in [1.807, 2.05) is 12.1 Å². The lowest BCUT2D eigenvalue weighted by molar-refractivity contribution is -0.153. The number of halogens is 4. The standard InChI is InChI=1S/C19H19F3N4O.HI/c1-24-18(26-12-16-4-2-3-15(9-16)10-23)25-11-14-5-7-17(8-6-14)27-13-19(20,21)22;/h2-9H,11-13H2,1H3,(H2,24,25,26);1H. The maximum atomic E-state index is 12.1. The smallest absolute Gasteiger partial charge is 0.422 e. The van der Waals surface area contributed by atoms with Crippen LogP contribution in [0, 0.1) is 11.3 Å². The first-order valence-corrected chi connectivity index (χ1v) is 8.11. The van der Waals surface area contributed by atoms with Gasteiger partial charge in [-0.15, -0.1) is 24.0 Å². The number of guanidine groups is 1. The molecule has 0 unspecified atom stereocenters. The Morgan fingerprint density at radius 3 is 2.29 bits per heavy atom. The number of benzene rings is 2. The molecule has 2 rings (SSSR count). The number of hydrogen-bond donors (Lipinski definition) is 2. The lowest BCUT2D eigenvalue weighted by atomic mass is 10.1. The molecule has 5 nitrogen and oxygen atoms in total. The second-order valence-corrected chi connectivity index (χ2v) is 5.64. The zero-order valence-corrected chi connectivity index (χ0v) is 17.4. The molecule has 0 amide bonds. The van der Waals surface area contributed by atoms with Crippen LogP contribution in [0.1, 0.15) is 16.7 Å². The van der Waals surface area contributed by atoms with Crippen LogP contribution in [0.3, 0.4) is 0 Å². The van der Waals surface area contributed by atoms with Crippen LogP contribution < -0.4 is 15.4 Å². The molecule has 0 saturated heterocycles. The van der Waals surface area contributed by atoms with E-state index in [1.54, 1.807) is 31.3 Å². The van der Waals surface area contributed by atoms with E-state index >= 15 is 0 Å². The molecule has 0 aliphatic carbocycles. The van der Waals surface area contributed by atoms with Crippen LogP contribution >= 0.6 is 24.0 Å². The number of ether oxygens (including phenoxy) is 1. The third-order valence-electron chi connectivity index (χ3n) is 3.53. The Labute approximate surface area is 178 Å². The first-order chi connectivity index (χ1) is 12.9. The summed E-state index contributed by atoms with van der Waals surface area (Å²) in [4.78, 5) is 4.11. The molecule has 2 aromatic rings. The Morgan fingerprint density at radius 1 is 1.07 bits per heavy atom. The summed E-state index contributed by atoms with van der Waals surface area (Å²) in [6.07, 6.45) is -4.36. The summed E-state index contributed by atoms with van der Waals surface area (Å²) in [6, 6.07) is 15.7. The molecule has 150 valence electrons. The van der Waals surface area contributed by atoms with Crippen molar-refractivity contribution in [2.75, 3.05) is 13.7 Å². The Kier molecular flexibility index (Phi) is 9.58. The van der Waals surface area contributed by atoms with Gasteiger partial charge >= 0.3 is 6.18 Å². The zero-order valence-electron chi connectivity index (χ0n) is 15.1. The van der Waals surface area contributed by atoms with Gasteiger partial charge in [0.05, 0.1) is 11.6 Å². The molecule has 0 aliphatic heterocycles.